The first kappa shape index (κ1) is 12.0. The number of hydrogen-bond acceptors (Lipinski definition) is 4. The summed E-state index contributed by atoms with van der Waals surface area (Å²) >= 11 is 0. The van der Waals surface area contributed by atoms with Gasteiger partial charge in [0.15, 0.2) is 0 Å². The molecule has 94 valence electrons. The summed E-state index contributed by atoms with van der Waals surface area (Å²) in [5.41, 5.74) is -0.170. The predicted octanol–water partition coefficient (Wildman–Crippen LogP) is 3.08. The van der Waals surface area contributed by atoms with E-state index >= 15 is 0 Å². The van der Waals surface area contributed by atoms with Gasteiger partial charge in [-0.05, 0) is 6.07 Å². The van der Waals surface area contributed by atoms with Crippen molar-refractivity contribution >= 4 is 11.4 Å². The Morgan fingerprint density at radius 1 is 1.33 bits per heavy atom. The van der Waals surface area contributed by atoms with Crippen LogP contribution in [0.4, 0.5) is 20.2 Å². The van der Waals surface area contributed by atoms with E-state index in [1.54, 1.807) is 6.07 Å². The van der Waals surface area contributed by atoms with Gasteiger partial charge in [0, 0.05) is 24.2 Å². The van der Waals surface area contributed by atoms with Crippen molar-refractivity contribution in [3.63, 3.8) is 0 Å². The van der Waals surface area contributed by atoms with Crippen LogP contribution in [0.25, 0.3) is 0 Å². The van der Waals surface area contributed by atoms with Gasteiger partial charge in [-0.1, -0.05) is 0 Å². The van der Waals surface area contributed by atoms with E-state index in [0.717, 1.165) is 11.6 Å². The highest BCUT2D eigenvalue weighted by molar-refractivity contribution is 5.53. The number of nitrogens with zero attached hydrogens (tertiary/aromatic N) is 1. The second-order valence-corrected chi connectivity index (χ2v) is 3.53. The highest BCUT2D eigenvalue weighted by Crippen LogP contribution is 2.25. The normalized spacial score (nSPS) is 10.3. The summed E-state index contributed by atoms with van der Waals surface area (Å²) in [6.07, 6.45) is 2.89. The van der Waals surface area contributed by atoms with Crippen LogP contribution in [0, 0.1) is 21.7 Å². The average molecular weight is 254 g/mol. The summed E-state index contributed by atoms with van der Waals surface area (Å²) in [5, 5.41) is 13.2. The molecule has 0 atom stereocenters. The van der Waals surface area contributed by atoms with Crippen molar-refractivity contribution in [1.29, 1.82) is 0 Å². The first-order chi connectivity index (χ1) is 8.58. The number of hydrogen-bond donors (Lipinski definition) is 1. The molecule has 2 rings (SSSR count). The Hall–Kier alpha value is -2.44. The molecule has 0 bridgehead atoms. The van der Waals surface area contributed by atoms with Crippen LogP contribution in [-0.4, -0.2) is 4.92 Å². The fourth-order valence-electron chi connectivity index (χ4n) is 1.40. The van der Waals surface area contributed by atoms with Crippen LogP contribution in [0.1, 0.15) is 5.56 Å². The number of furan rings is 1. The first-order valence-corrected chi connectivity index (χ1v) is 4.96. The number of halogens is 2. The molecule has 0 aliphatic heterocycles. The third-order valence-corrected chi connectivity index (χ3v) is 2.30. The van der Waals surface area contributed by atoms with Gasteiger partial charge in [-0.3, -0.25) is 10.1 Å². The van der Waals surface area contributed by atoms with E-state index in [4.69, 9.17) is 4.42 Å². The molecular formula is C11H8F2N2O3. The molecule has 0 fully saturated rings. The Morgan fingerprint density at radius 2 is 2.11 bits per heavy atom. The number of nitrogens with one attached hydrogen (secondary N) is 1. The molecule has 1 aromatic carbocycles. The molecule has 1 N–H and O–H groups in total. The van der Waals surface area contributed by atoms with Crippen molar-refractivity contribution in [2.24, 2.45) is 0 Å². The molecule has 1 aromatic heterocycles. The van der Waals surface area contributed by atoms with Crippen LogP contribution in [0.3, 0.4) is 0 Å². The third kappa shape index (κ3) is 2.45. The molecule has 0 spiro atoms. The predicted molar refractivity (Wildman–Crippen MR) is 59.0 cm³/mol. The first-order valence-electron chi connectivity index (χ1n) is 4.96. The minimum Gasteiger partial charge on any atom is -0.472 e. The molecule has 2 aromatic rings. The van der Waals surface area contributed by atoms with Crippen molar-refractivity contribution < 1.29 is 18.1 Å². The van der Waals surface area contributed by atoms with Gasteiger partial charge in [0.05, 0.1) is 23.1 Å². The molecular weight excluding hydrogens is 246 g/mol. The monoisotopic (exact) mass is 254 g/mol. The van der Waals surface area contributed by atoms with Gasteiger partial charge in [-0.25, -0.2) is 4.39 Å². The Morgan fingerprint density at radius 3 is 2.72 bits per heavy atom. The molecule has 0 aliphatic rings. The molecule has 1 heterocycles. The minimum atomic E-state index is -1.20. The zero-order chi connectivity index (χ0) is 13.1. The highest BCUT2D eigenvalue weighted by atomic mass is 19.1. The topological polar surface area (TPSA) is 68.3 Å². The Kier molecular flexibility index (Phi) is 3.22. The average Bonchev–Trinajstić information content (AvgIpc) is 2.80. The molecule has 0 amide bonds. The number of nitro groups is 1. The van der Waals surface area contributed by atoms with E-state index in [9.17, 15) is 18.9 Å². The largest absolute Gasteiger partial charge is 0.472 e. The minimum absolute atomic E-state index is 0.135. The zero-order valence-corrected chi connectivity index (χ0v) is 9.02. The molecule has 18 heavy (non-hydrogen) atoms. The smallest absolute Gasteiger partial charge is 0.307 e. The van der Waals surface area contributed by atoms with Gasteiger partial charge in [0.1, 0.15) is 5.82 Å². The van der Waals surface area contributed by atoms with E-state index in [1.165, 1.54) is 12.5 Å². The number of anilines is 1. The zero-order valence-electron chi connectivity index (χ0n) is 9.02. The Bertz CT molecular complexity index is 570. The summed E-state index contributed by atoms with van der Waals surface area (Å²) in [6.45, 7) is 0.218. The fraction of sp³-hybridized carbons (Fsp3) is 0.0909. The maximum Gasteiger partial charge on any atom is 0.307 e. The summed E-state index contributed by atoms with van der Waals surface area (Å²) < 4.78 is 31.3. The van der Waals surface area contributed by atoms with E-state index in [1.807, 2.05) is 0 Å². The van der Waals surface area contributed by atoms with Crippen molar-refractivity contribution in [2.75, 3.05) is 5.32 Å². The molecule has 0 saturated carbocycles. The standard InChI is InChI=1S/C11H8F2N2O3/c12-8-3-9(13)11(15(16)17)4-10(8)14-5-7-1-2-18-6-7/h1-4,6,14H,5H2. The van der Waals surface area contributed by atoms with Crippen molar-refractivity contribution in [2.45, 2.75) is 6.54 Å². The molecule has 0 unspecified atom stereocenters. The fourth-order valence-corrected chi connectivity index (χ4v) is 1.40. The van der Waals surface area contributed by atoms with Crippen LogP contribution < -0.4 is 5.32 Å². The lowest BCUT2D eigenvalue weighted by Gasteiger charge is -2.06. The van der Waals surface area contributed by atoms with E-state index in [2.05, 4.69) is 5.32 Å². The van der Waals surface area contributed by atoms with Crippen molar-refractivity contribution in [3.8, 4) is 0 Å². The molecule has 0 saturated heterocycles. The Balaban J connectivity index is 2.22. The lowest BCUT2D eigenvalue weighted by molar-refractivity contribution is -0.387. The van der Waals surface area contributed by atoms with Crippen LogP contribution >= 0.6 is 0 Å². The van der Waals surface area contributed by atoms with E-state index in [-0.39, 0.29) is 12.2 Å². The lowest BCUT2D eigenvalue weighted by Crippen LogP contribution is -2.03. The molecule has 7 heteroatoms. The lowest BCUT2D eigenvalue weighted by atomic mass is 10.2. The summed E-state index contributed by atoms with van der Waals surface area (Å²) in [6, 6.07) is 2.96. The Labute approximate surface area is 100 Å². The van der Waals surface area contributed by atoms with E-state index < -0.39 is 22.2 Å². The SMILES string of the molecule is O=[N+]([O-])c1cc(NCc2ccoc2)c(F)cc1F. The van der Waals surface area contributed by atoms with E-state index in [0.29, 0.717) is 6.07 Å². The van der Waals surface area contributed by atoms with Crippen LogP contribution in [0.15, 0.2) is 35.1 Å². The second-order valence-electron chi connectivity index (χ2n) is 3.53. The number of benzene rings is 1. The third-order valence-electron chi connectivity index (χ3n) is 2.30. The summed E-state index contributed by atoms with van der Waals surface area (Å²) in [7, 11) is 0. The molecule has 0 aliphatic carbocycles. The quantitative estimate of drug-likeness (QED) is 0.672. The number of rotatable bonds is 4. The molecule has 5 nitrogen and oxygen atoms in total. The summed E-state index contributed by atoms with van der Waals surface area (Å²) in [5.74, 6) is -2.09. The number of nitro benzene ring substituents is 1. The van der Waals surface area contributed by atoms with Crippen molar-refractivity contribution in [3.05, 3.63) is 58.0 Å². The second kappa shape index (κ2) is 4.82. The van der Waals surface area contributed by atoms with Gasteiger partial charge in [-0.2, -0.15) is 4.39 Å². The van der Waals surface area contributed by atoms with Crippen LogP contribution in [0.5, 0.6) is 0 Å². The van der Waals surface area contributed by atoms with Crippen LogP contribution in [0.2, 0.25) is 0 Å². The maximum absolute atomic E-state index is 13.4. The molecule has 0 radical (unpaired) electrons. The van der Waals surface area contributed by atoms with Crippen LogP contribution in [-0.2, 0) is 6.54 Å². The highest BCUT2D eigenvalue weighted by Gasteiger charge is 2.18. The van der Waals surface area contributed by atoms with Gasteiger partial charge in [0.2, 0.25) is 5.82 Å². The maximum atomic E-state index is 13.4. The summed E-state index contributed by atoms with van der Waals surface area (Å²) in [4.78, 5) is 9.61. The van der Waals surface area contributed by atoms with Gasteiger partial charge < -0.3 is 9.73 Å². The van der Waals surface area contributed by atoms with Crippen molar-refractivity contribution in [1.82, 2.24) is 0 Å². The van der Waals surface area contributed by atoms with Gasteiger partial charge in [-0.15, -0.1) is 0 Å². The van der Waals surface area contributed by atoms with Gasteiger partial charge >= 0.3 is 5.69 Å². The van der Waals surface area contributed by atoms with Gasteiger partial charge in [0.25, 0.3) is 0 Å².